The number of rotatable bonds is 5. The number of amides is 1. The van der Waals surface area contributed by atoms with Gasteiger partial charge >= 0.3 is 0 Å². The highest BCUT2D eigenvalue weighted by Gasteiger charge is 2.30. The number of sulfonamides is 1. The molecule has 6 nitrogen and oxygen atoms in total. The van der Waals surface area contributed by atoms with Gasteiger partial charge < -0.3 is 10.4 Å². The van der Waals surface area contributed by atoms with E-state index in [9.17, 15) is 13.2 Å². The summed E-state index contributed by atoms with van der Waals surface area (Å²) in [5.74, 6) is -0.348. The van der Waals surface area contributed by atoms with Crippen LogP contribution in [-0.4, -0.2) is 49.5 Å². The van der Waals surface area contributed by atoms with Gasteiger partial charge in [-0.15, -0.1) is 11.3 Å². The molecule has 0 atom stereocenters. The first-order valence-electron chi connectivity index (χ1n) is 5.87. The molecule has 1 aliphatic rings. The Morgan fingerprint density at radius 3 is 2.79 bits per heavy atom. The molecule has 1 aliphatic carbocycles. The lowest BCUT2D eigenvalue weighted by Gasteiger charge is -2.32. The van der Waals surface area contributed by atoms with Crippen molar-refractivity contribution in [3.63, 3.8) is 0 Å². The van der Waals surface area contributed by atoms with Crippen molar-refractivity contribution in [2.75, 3.05) is 13.6 Å². The summed E-state index contributed by atoms with van der Waals surface area (Å²) in [5, 5.41) is 13.5. The van der Waals surface area contributed by atoms with Gasteiger partial charge in [-0.25, -0.2) is 8.42 Å². The quantitative estimate of drug-likeness (QED) is 0.802. The van der Waals surface area contributed by atoms with Crippen LogP contribution in [0.3, 0.4) is 0 Å². The Morgan fingerprint density at radius 2 is 2.26 bits per heavy atom. The summed E-state index contributed by atoms with van der Waals surface area (Å²) in [4.78, 5) is 11.7. The van der Waals surface area contributed by atoms with Crippen LogP contribution in [0.25, 0.3) is 0 Å². The van der Waals surface area contributed by atoms with E-state index in [-0.39, 0.29) is 28.8 Å². The van der Waals surface area contributed by atoms with Crippen LogP contribution in [0.2, 0.25) is 0 Å². The van der Waals surface area contributed by atoms with Crippen molar-refractivity contribution in [3.05, 3.63) is 17.5 Å². The molecule has 2 N–H and O–H groups in total. The Labute approximate surface area is 116 Å². The number of hydrogen-bond acceptors (Lipinski definition) is 5. The topological polar surface area (TPSA) is 86.7 Å². The van der Waals surface area contributed by atoms with Gasteiger partial charge in [-0.3, -0.25) is 4.79 Å². The number of nitrogens with one attached hydrogen (secondary N) is 1. The summed E-state index contributed by atoms with van der Waals surface area (Å²) >= 11 is 1.12. The van der Waals surface area contributed by atoms with Gasteiger partial charge in [0.15, 0.2) is 0 Å². The summed E-state index contributed by atoms with van der Waals surface area (Å²) in [6, 6.07) is 3.12. The zero-order chi connectivity index (χ0) is 14.0. The number of hydrogen-bond donors (Lipinski definition) is 2. The van der Waals surface area contributed by atoms with Crippen molar-refractivity contribution in [3.8, 4) is 0 Å². The normalized spacial score (nSPS) is 23.1. The Kier molecular flexibility index (Phi) is 4.24. The average Bonchev–Trinajstić information content (AvgIpc) is 2.80. The van der Waals surface area contributed by atoms with Gasteiger partial charge in [-0.1, -0.05) is 6.07 Å². The molecule has 1 aromatic heterocycles. The SMILES string of the molecule is CN(CC(=O)NC1CC(O)C1)S(=O)(=O)c1cccs1. The fourth-order valence-electron chi connectivity index (χ4n) is 1.83. The van der Waals surface area contributed by atoms with Crippen molar-refractivity contribution < 1.29 is 18.3 Å². The van der Waals surface area contributed by atoms with Crippen LogP contribution in [0.4, 0.5) is 0 Å². The lowest BCUT2D eigenvalue weighted by atomic mass is 9.89. The maximum absolute atomic E-state index is 12.1. The van der Waals surface area contributed by atoms with Crippen molar-refractivity contribution in [1.29, 1.82) is 0 Å². The van der Waals surface area contributed by atoms with E-state index in [1.54, 1.807) is 11.4 Å². The second kappa shape index (κ2) is 5.58. The van der Waals surface area contributed by atoms with E-state index in [1.807, 2.05) is 0 Å². The predicted octanol–water partition coefficient (Wildman–Crippen LogP) is 0.00810. The fourth-order valence-corrected chi connectivity index (χ4v) is 4.16. The third-order valence-electron chi connectivity index (χ3n) is 3.00. The van der Waals surface area contributed by atoms with Crippen LogP contribution < -0.4 is 5.32 Å². The first-order valence-corrected chi connectivity index (χ1v) is 8.19. The molecule has 8 heteroatoms. The number of aliphatic hydroxyl groups is 1. The highest BCUT2D eigenvalue weighted by atomic mass is 32.2. The van der Waals surface area contributed by atoms with E-state index in [1.165, 1.54) is 13.1 Å². The summed E-state index contributed by atoms with van der Waals surface area (Å²) < 4.78 is 25.4. The van der Waals surface area contributed by atoms with Crippen molar-refractivity contribution in [2.24, 2.45) is 0 Å². The van der Waals surface area contributed by atoms with Gasteiger partial charge in [-0.05, 0) is 24.3 Å². The highest BCUT2D eigenvalue weighted by molar-refractivity contribution is 7.91. The van der Waals surface area contributed by atoms with E-state index in [0.29, 0.717) is 12.8 Å². The molecule has 1 amide bonds. The van der Waals surface area contributed by atoms with Crippen LogP contribution in [-0.2, 0) is 14.8 Å². The number of likely N-dealkylation sites (N-methyl/N-ethyl adjacent to an activating group) is 1. The zero-order valence-electron chi connectivity index (χ0n) is 10.4. The minimum absolute atomic E-state index is 0.0414. The molecule has 0 saturated heterocycles. The molecule has 0 bridgehead atoms. The molecular weight excluding hydrogens is 288 g/mol. The van der Waals surface area contributed by atoms with Gasteiger partial charge in [0.25, 0.3) is 10.0 Å². The summed E-state index contributed by atoms with van der Waals surface area (Å²) in [7, 11) is -2.21. The van der Waals surface area contributed by atoms with E-state index in [4.69, 9.17) is 5.11 Å². The lowest BCUT2D eigenvalue weighted by molar-refractivity contribution is -0.123. The molecule has 106 valence electrons. The van der Waals surface area contributed by atoms with Gasteiger partial charge in [0.1, 0.15) is 4.21 Å². The summed E-state index contributed by atoms with van der Waals surface area (Å²) in [6.45, 7) is -0.215. The van der Waals surface area contributed by atoms with Gasteiger partial charge in [0, 0.05) is 13.1 Å². The average molecular weight is 304 g/mol. The van der Waals surface area contributed by atoms with Crippen LogP contribution in [0.5, 0.6) is 0 Å². The molecule has 1 saturated carbocycles. The molecule has 1 fully saturated rings. The van der Waals surface area contributed by atoms with Crippen LogP contribution in [0.15, 0.2) is 21.7 Å². The minimum atomic E-state index is -3.58. The summed E-state index contributed by atoms with van der Waals surface area (Å²) in [6.07, 6.45) is 0.721. The molecule has 2 rings (SSSR count). The Hall–Kier alpha value is -0.960. The highest BCUT2D eigenvalue weighted by Crippen LogP contribution is 2.21. The molecule has 0 spiro atoms. The van der Waals surface area contributed by atoms with Crippen LogP contribution >= 0.6 is 11.3 Å². The Balaban J connectivity index is 1.90. The summed E-state index contributed by atoms with van der Waals surface area (Å²) in [5.41, 5.74) is 0. The fraction of sp³-hybridized carbons (Fsp3) is 0.545. The molecule has 19 heavy (non-hydrogen) atoms. The smallest absolute Gasteiger partial charge is 0.252 e. The largest absolute Gasteiger partial charge is 0.393 e. The standard InChI is InChI=1S/C11H16N2O4S2/c1-13(19(16,17)11-3-2-4-18-11)7-10(15)12-8-5-9(14)6-8/h2-4,8-9,14H,5-7H2,1H3,(H,12,15). The second-order valence-corrected chi connectivity index (χ2v) is 7.80. The maximum atomic E-state index is 12.1. The second-order valence-electron chi connectivity index (χ2n) is 4.58. The molecule has 1 aromatic rings. The van der Waals surface area contributed by atoms with Crippen LogP contribution in [0, 0.1) is 0 Å². The first-order chi connectivity index (χ1) is 8.89. The molecule has 0 aromatic carbocycles. The number of thiophene rings is 1. The zero-order valence-corrected chi connectivity index (χ0v) is 12.1. The third-order valence-corrected chi connectivity index (χ3v) is 6.18. The van der Waals surface area contributed by atoms with Crippen molar-refractivity contribution in [2.45, 2.75) is 29.2 Å². The van der Waals surface area contributed by atoms with Gasteiger partial charge in [0.2, 0.25) is 5.91 Å². The number of nitrogens with zero attached hydrogens (tertiary/aromatic N) is 1. The molecule has 0 radical (unpaired) electrons. The van der Waals surface area contributed by atoms with Crippen LogP contribution in [0.1, 0.15) is 12.8 Å². The minimum Gasteiger partial charge on any atom is -0.393 e. The number of carbonyl (C=O) groups is 1. The van der Waals surface area contributed by atoms with E-state index in [2.05, 4.69) is 5.32 Å². The molecule has 1 heterocycles. The molecular formula is C11H16N2O4S2. The van der Waals surface area contributed by atoms with E-state index in [0.717, 1.165) is 15.6 Å². The van der Waals surface area contributed by atoms with Crippen molar-refractivity contribution >= 4 is 27.3 Å². The van der Waals surface area contributed by atoms with Gasteiger partial charge in [-0.2, -0.15) is 4.31 Å². The molecule has 0 aliphatic heterocycles. The predicted molar refractivity (Wildman–Crippen MR) is 71.3 cm³/mol. The third kappa shape index (κ3) is 3.33. The van der Waals surface area contributed by atoms with Crippen molar-refractivity contribution in [1.82, 2.24) is 9.62 Å². The lowest BCUT2D eigenvalue weighted by Crippen LogP contribution is -2.49. The van der Waals surface area contributed by atoms with E-state index >= 15 is 0 Å². The van der Waals surface area contributed by atoms with E-state index < -0.39 is 10.0 Å². The monoisotopic (exact) mass is 304 g/mol. The first kappa shape index (κ1) is 14.4. The Morgan fingerprint density at radius 1 is 1.58 bits per heavy atom. The Bertz CT molecular complexity index is 535. The maximum Gasteiger partial charge on any atom is 0.252 e. The number of aliphatic hydroxyl groups excluding tert-OH is 1. The number of carbonyl (C=O) groups excluding carboxylic acids is 1. The van der Waals surface area contributed by atoms with Gasteiger partial charge in [0.05, 0.1) is 12.6 Å². The molecule has 0 unspecified atom stereocenters.